The van der Waals surface area contributed by atoms with Crippen LogP contribution in [0.5, 0.6) is 0 Å². The Morgan fingerprint density at radius 1 is 1.39 bits per heavy atom. The van der Waals surface area contributed by atoms with Gasteiger partial charge < -0.3 is 14.4 Å². The van der Waals surface area contributed by atoms with Crippen molar-refractivity contribution in [2.24, 2.45) is 7.05 Å². The Bertz CT molecular complexity index is 695. The minimum absolute atomic E-state index is 0.0147. The van der Waals surface area contributed by atoms with Crippen molar-refractivity contribution in [3.8, 4) is 0 Å². The Kier molecular flexibility index (Phi) is 4.38. The van der Waals surface area contributed by atoms with Crippen molar-refractivity contribution >= 4 is 5.91 Å². The SMILES string of the molecule is CN(C)Cc1cncc([C@H]2CCCN2C(=O)c2cn(C)cn2)n1. The zero-order chi connectivity index (χ0) is 16.4. The van der Waals surface area contributed by atoms with Crippen LogP contribution in [-0.2, 0) is 13.6 Å². The molecule has 23 heavy (non-hydrogen) atoms. The first-order chi connectivity index (χ1) is 11.0. The Morgan fingerprint density at radius 2 is 2.22 bits per heavy atom. The van der Waals surface area contributed by atoms with Crippen LogP contribution in [0, 0.1) is 0 Å². The van der Waals surface area contributed by atoms with Gasteiger partial charge in [0.15, 0.2) is 0 Å². The second kappa shape index (κ2) is 6.45. The second-order valence-corrected chi connectivity index (χ2v) is 6.25. The summed E-state index contributed by atoms with van der Waals surface area (Å²) in [6.07, 6.45) is 8.85. The molecule has 0 radical (unpaired) electrons. The van der Waals surface area contributed by atoms with Gasteiger partial charge >= 0.3 is 0 Å². The van der Waals surface area contributed by atoms with Crippen LogP contribution >= 0.6 is 0 Å². The number of aryl methyl sites for hydroxylation is 1. The molecule has 7 nitrogen and oxygen atoms in total. The molecule has 2 aromatic heterocycles. The maximum atomic E-state index is 12.7. The summed E-state index contributed by atoms with van der Waals surface area (Å²) >= 11 is 0. The third-order valence-electron chi connectivity index (χ3n) is 3.96. The van der Waals surface area contributed by atoms with Gasteiger partial charge in [-0.15, -0.1) is 0 Å². The molecule has 3 heterocycles. The smallest absolute Gasteiger partial charge is 0.274 e. The highest BCUT2D eigenvalue weighted by molar-refractivity contribution is 5.92. The third kappa shape index (κ3) is 3.39. The maximum absolute atomic E-state index is 12.7. The minimum atomic E-state index is -0.0343. The first-order valence-electron chi connectivity index (χ1n) is 7.79. The molecular weight excluding hydrogens is 292 g/mol. The van der Waals surface area contributed by atoms with Gasteiger partial charge in [-0.25, -0.2) is 4.98 Å². The molecule has 3 rings (SSSR count). The van der Waals surface area contributed by atoms with Crippen LogP contribution in [0.15, 0.2) is 24.9 Å². The number of hydrogen-bond donors (Lipinski definition) is 0. The number of carbonyl (C=O) groups excluding carboxylic acids is 1. The number of hydrogen-bond acceptors (Lipinski definition) is 5. The molecule has 0 spiro atoms. The summed E-state index contributed by atoms with van der Waals surface area (Å²) in [5.41, 5.74) is 2.27. The maximum Gasteiger partial charge on any atom is 0.274 e. The van der Waals surface area contributed by atoms with Gasteiger partial charge in [-0.3, -0.25) is 14.8 Å². The molecule has 1 amide bonds. The summed E-state index contributed by atoms with van der Waals surface area (Å²) in [6, 6.07) is -0.0147. The van der Waals surface area contributed by atoms with Gasteiger partial charge in [-0.05, 0) is 26.9 Å². The van der Waals surface area contributed by atoms with Crippen LogP contribution in [0.4, 0.5) is 0 Å². The van der Waals surface area contributed by atoms with Crippen molar-refractivity contribution in [2.45, 2.75) is 25.4 Å². The standard InChI is InChI=1S/C16H22N6O/c1-20(2)9-12-7-17-8-13(19-12)15-5-4-6-22(15)16(23)14-10-21(3)11-18-14/h7-8,10-11,15H,4-6,9H2,1-3H3/t15-/m1/s1. The van der Waals surface area contributed by atoms with E-state index in [-0.39, 0.29) is 11.9 Å². The van der Waals surface area contributed by atoms with Gasteiger partial charge in [-0.1, -0.05) is 0 Å². The highest BCUT2D eigenvalue weighted by Crippen LogP contribution is 2.31. The van der Waals surface area contributed by atoms with Crippen LogP contribution in [0.1, 0.15) is 40.8 Å². The zero-order valence-electron chi connectivity index (χ0n) is 13.8. The first-order valence-corrected chi connectivity index (χ1v) is 7.79. The van der Waals surface area contributed by atoms with E-state index >= 15 is 0 Å². The summed E-state index contributed by atoms with van der Waals surface area (Å²) in [6.45, 7) is 1.47. The fourth-order valence-electron chi connectivity index (χ4n) is 2.97. The van der Waals surface area contributed by atoms with E-state index in [1.807, 2.05) is 26.0 Å². The van der Waals surface area contributed by atoms with E-state index in [2.05, 4.69) is 14.9 Å². The van der Waals surface area contributed by atoms with E-state index in [1.54, 1.807) is 29.5 Å². The first kappa shape index (κ1) is 15.6. The summed E-state index contributed by atoms with van der Waals surface area (Å²) in [5, 5.41) is 0. The molecule has 1 atom stereocenters. The lowest BCUT2D eigenvalue weighted by Crippen LogP contribution is -2.31. The van der Waals surface area contributed by atoms with Crippen molar-refractivity contribution in [1.82, 2.24) is 29.3 Å². The normalized spacial score (nSPS) is 17.9. The predicted octanol–water partition coefficient (Wildman–Crippen LogP) is 1.25. The van der Waals surface area contributed by atoms with E-state index in [0.29, 0.717) is 5.69 Å². The van der Waals surface area contributed by atoms with Crippen molar-refractivity contribution in [3.63, 3.8) is 0 Å². The Hall–Kier alpha value is -2.28. The number of nitrogens with zero attached hydrogens (tertiary/aromatic N) is 6. The number of amides is 1. The highest BCUT2D eigenvalue weighted by Gasteiger charge is 2.32. The molecule has 1 aliphatic rings. The summed E-state index contributed by atoms with van der Waals surface area (Å²) in [4.78, 5) is 29.8. The molecule has 1 aliphatic heterocycles. The van der Waals surface area contributed by atoms with E-state index in [4.69, 9.17) is 4.98 Å². The predicted molar refractivity (Wildman–Crippen MR) is 85.6 cm³/mol. The molecule has 7 heteroatoms. The third-order valence-corrected chi connectivity index (χ3v) is 3.96. The lowest BCUT2D eigenvalue weighted by molar-refractivity contribution is 0.0727. The molecule has 1 fully saturated rings. The van der Waals surface area contributed by atoms with Crippen molar-refractivity contribution in [2.75, 3.05) is 20.6 Å². The Morgan fingerprint density at radius 3 is 2.91 bits per heavy atom. The molecule has 1 saturated heterocycles. The molecule has 0 bridgehead atoms. The quantitative estimate of drug-likeness (QED) is 0.849. The molecule has 122 valence electrons. The molecular formula is C16H22N6O. The van der Waals surface area contributed by atoms with E-state index in [0.717, 1.165) is 37.3 Å². The van der Waals surface area contributed by atoms with Gasteiger partial charge in [0.25, 0.3) is 5.91 Å². The summed E-state index contributed by atoms with van der Waals surface area (Å²) in [5.74, 6) is -0.0343. The van der Waals surface area contributed by atoms with Gasteiger partial charge in [0.05, 0.1) is 30.0 Å². The van der Waals surface area contributed by atoms with E-state index < -0.39 is 0 Å². The lowest BCUT2D eigenvalue weighted by Gasteiger charge is -2.23. The average Bonchev–Trinajstić information content (AvgIpc) is 3.15. The van der Waals surface area contributed by atoms with Crippen molar-refractivity contribution < 1.29 is 4.79 Å². The number of carbonyl (C=O) groups is 1. The Labute approximate surface area is 136 Å². The molecule has 0 saturated carbocycles. The monoisotopic (exact) mass is 314 g/mol. The van der Waals surface area contributed by atoms with Crippen molar-refractivity contribution in [3.05, 3.63) is 42.0 Å². The Balaban J connectivity index is 1.82. The number of likely N-dealkylation sites (tertiary alicyclic amines) is 1. The van der Waals surface area contributed by atoms with Crippen molar-refractivity contribution in [1.29, 1.82) is 0 Å². The summed E-state index contributed by atoms with van der Waals surface area (Å²) in [7, 11) is 5.86. The number of imidazole rings is 1. The van der Waals surface area contributed by atoms with Gasteiger partial charge in [0.2, 0.25) is 0 Å². The van der Waals surface area contributed by atoms with Crippen LogP contribution in [0.2, 0.25) is 0 Å². The zero-order valence-corrected chi connectivity index (χ0v) is 13.8. The molecule has 0 unspecified atom stereocenters. The van der Waals surface area contributed by atoms with Crippen LogP contribution in [-0.4, -0.2) is 55.9 Å². The highest BCUT2D eigenvalue weighted by atomic mass is 16.2. The van der Waals surface area contributed by atoms with Gasteiger partial charge in [0.1, 0.15) is 5.69 Å². The topological polar surface area (TPSA) is 67.2 Å². The fraction of sp³-hybridized carbons (Fsp3) is 0.500. The van der Waals surface area contributed by atoms with Crippen LogP contribution < -0.4 is 0 Å². The van der Waals surface area contributed by atoms with Gasteiger partial charge in [-0.2, -0.15) is 0 Å². The molecule has 0 aliphatic carbocycles. The van der Waals surface area contributed by atoms with Gasteiger partial charge in [0, 0.05) is 32.5 Å². The number of aromatic nitrogens is 4. The molecule has 2 aromatic rings. The van der Waals surface area contributed by atoms with E-state index in [1.165, 1.54) is 0 Å². The largest absolute Gasteiger partial charge is 0.340 e. The lowest BCUT2D eigenvalue weighted by atomic mass is 10.1. The average molecular weight is 314 g/mol. The molecule has 0 aromatic carbocycles. The summed E-state index contributed by atoms with van der Waals surface area (Å²) < 4.78 is 1.79. The van der Waals surface area contributed by atoms with Crippen LogP contribution in [0.25, 0.3) is 0 Å². The fourth-order valence-corrected chi connectivity index (χ4v) is 2.97. The second-order valence-electron chi connectivity index (χ2n) is 6.25. The number of rotatable bonds is 4. The molecule has 0 N–H and O–H groups in total. The minimum Gasteiger partial charge on any atom is -0.340 e. The van der Waals surface area contributed by atoms with E-state index in [9.17, 15) is 4.79 Å². The van der Waals surface area contributed by atoms with Crippen LogP contribution in [0.3, 0.4) is 0 Å².